The Morgan fingerprint density at radius 3 is 2.44 bits per heavy atom. The molecule has 0 aromatic carbocycles. The maximum atomic E-state index is 11.2. The molecule has 0 spiro atoms. The lowest BCUT2D eigenvalue weighted by Crippen LogP contribution is -2.39. The molecule has 27 heavy (non-hydrogen) atoms. The van der Waals surface area contributed by atoms with Crippen molar-refractivity contribution in [3.05, 3.63) is 12.2 Å². The van der Waals surface area contributed by atoms with Crippen LogP contribution in [0.1, 0.15) is 84.0 Å². The highest BCUT2D eigenvalue weighted by Gasteiger charge is 2.34. The van der Waals surface area contributed by atoms with Gasteiger partial charge in [-0.25, -0.2) is 4.79 Å². The summed E-state index contributed by atoms with van der Waals surface area (Å²) in [6.07, 6.45) is 16.6. The van der Waals surface area contributed by atoms with Gasteiger partial charge in [0.05, 0.1) is 7.11 Å². The van der Waals surface area contributed by atoms with Crippen LogP contribution in [0.2, 0.25) is 0 Å². The average Bonchev–Trinajstić information content (AvgIpc) is 3.05. The summed E-state index contributed by atoms with van der Waals surface area (Å²) in [5, 5.41) is 28.9. The second-order valence-corrected chi connectivity index (χ2v) is 8.04. The van der Waals surface area contributed by atoms with Gasteiger partial charge in [0.2, 0.25) is 0 Å². The molecule has 0 radical (unpaired) electrons. The first-order chi connectivity index (χ1) is 13.0. The summed E-state index contributed by atoms with van der Waals surface area (Å²) in [7, 11) is 1.15. The number of rotatable bonds is 14. The van der Waals surface area contributed by atoms with E-state index in [4.69, 9.17) is 0 Å². The van der Waals surface area contributed by atoms with E-state index in [2.05, 4.69) is 23.8 Å². The van der Waals surface area contributed by atoms with Crippen LogP contribution < -0.4 is 0 Å². The van der Waals surface area contributed by atoms with Gasteiger partial charge in [0, 0.05) is 13.0 Å². The third-order valence-electron chi connectivity index (χ3n) is 5.93. The van der Waals surface area contributed by atoms with Crippen LogP contribution in [0, 0.1) is 17.8 Å². The van der Waals surface area contributed by atoms with Crippen molar-refractivity contribution in [3.63, 3.8) is 0 Å². The van der Waals surface area contributed by atoms with E-state index in [1.165, 1.54) is 25.7 Å². The maximum Gasteiger partial charge on any atom is 0.366 e. The standard InChI is InChI=1S/C22H40O5/c1-3-4-5-6-7-10-13-20-18(14-15-19(20)17-23)12-9-8-11-16-22(25,26)21(24)27-2/h10,13,18-20,23,25-26H,3-9,11-12,14-17H2,1-2H3/t18-,19-,20+/m0/s1. The zero-order chi connectivity index (χ0) is 20.1. The van der Waals surface area contributed by atoms with Gasteiger partial charge < -0.3 is 20.1 Å². The molecule has 5 heteroatoms. The van der Waals surface area contributed by atoms with Crippen molar-refractivity contribution in [2.75, 3.05) is 13.7 Å². The molecule has 0 saturated heterocycles. The quantitative estimate of drug-likeness (QED) is 0.183. The van der Waals surface area contributed by atoms with Crippen LogP contribution in [0.15, 0.2) is 12.2 Å². The summed E-state index contributed by atoms with van der Waals surface area (Å²) in [5.41, 5.74) is 0. The Balaban J connectivity index is 2.33. The molecule has 0 bridgehead atoms. The van der Waals surface area contributed by atoms with E-state index in [1.807, 2.05) is 0 Å². The van der Waals surface area contributed by atoms with Crippen molar-refractivity contribution in [2.24, 2.45) is 17.8 Å². The number of methoxy groups -OCH3 is 1. The van der Waals surface area contributed by atoms with E-state index in [0.29, 0.717) is 24.2 Å². The number of carbonyl (C=O) groups is 1. The second kappa shape index (κ2) is 13.3. The molecular formula is C22H40O5. The lowest BCUT2D eigenvalue weighted by atomic mass is 9.85. The van der Waals surface area contributed by atoms with E-state index in [-0.39, 0.29) is 13.0 Å². The van der Waals surface area contributed by atoms with E-state index in [9.17, 15) is 20.1 Å². The highest BCUT2D eigenvalue weighted by atomic mass is 16.6. The first kappa shape index (κ1) is 24.1. The molecule has 1 saturated carbocycles. The molecule has 1 fully saturated rings. The Morgan fingerprint density at radius 2 is 1.78 bits per heavy atom. The van der Waals surface area contributed by atoms with Gasteiger partial charge in [-0.1, -0.05) is 51.2 Å². The lowest BCUT2D eigenvalue weighted by molar-refractivity contribution is -0.209. The Bertz CT molecular complexity index is 432. The van der Waals surface area contributed by atoms with Crippen molar-refractivity contribution in [3.8, 4) is 0 Å². The van der Waals surface area contributed by atoms with Crippen molar-refractivity contribution in [1.82, 2.24) is 0 Å². The first-order valence-corrected chi connectivity index (χ1v) is 10.8. The molecular weight excluding hydrogens is 344 g/mol. The molecule has 0 aromatic rings. The smallest absolute Gasteiger partial charge is 0.366 e. The van der Waals surface area contributed by atoms with E-state index in [0.717, 1.165) is 45.6 Å². The Hall–Kier alpha value is -0.910. The minimum absolute atomic E-state index is 0.00466. The van der Waals surface area contributed by atoms with Gasteiger partial charge in [-0.2, -0.15) is 0 Å². The number of hydrogen-bond acceptors (Lipinski definition) is 5. The molecule has 0 aliphatic heterocycles. The fourth-order valence-corrected chi connectivity index (χ4v) is 4.22. The number of aliphatic hydroxyl groups excluding tert-OH is 1. The molecule has 3 N–H and O–H groups in total. The zero-order valence-electron chi connectivity index (χ0n) is 17.2. The fraction of sp³-hybridized carbons (Fsp3) is 0.864. The van der Waals surface area contributed by atoms with Crippen LogP contribution in [0.3, 0.4) is 0 Å². The number of aliphatic hydroxyl groups is 3. The van der Waals surface area contributed by atoms with Gasteiger partial charge in [-0.3, -0.25) is 0 Å². The maximum absolute atomic E-state index is 11.2. The highest BCUT2D eigenvalue weighted by Crippen LogP contribution is 2.40. The second-order valence-electron chi connectivity index (χ2n) is 8.04. The molecule has 1 rings (SSSR count). The van der Waals surface area contributed by atoms with Gasteiger partial charge in [0.1, 0.15) is 0 Å². The summed E-state index contributed by atoms with van der Waals surface area (Å²) < 4.78 is 4.39. The molecule has 0 unspecified atom stereocenters. The predicted octanol–water partition coefficient (Wildman–Crippen LogP) is 3.95. The SMILES string of the molecule is CCCCCCC=C[C@@H]1[C@@H](CCCCCC(O)(O)C(=O)OC)CC[C@H]1CO. The minimum Gasteiger partial charge on any atom is -0.465 e. The Kier molecular flexibility index (Phi) is 11.9. The topological polar surface area (TPSA) is 87.0 Å². The molecule has 0 aromatic heterocycles. The summed E-state index contributed by atoms with van der Waals surface area (Å²) >= 11 is 0. The summed E-state index contributed by atoms with van der Waals surface area (Å²) in [6, 6.07) is 0. The zero-order valence-corrected chi connectivity index (χ0v) is 17.2. The van der Waals surface area contributed by atoms with Crippen LogP contribution in [0.4, 0.5) is 0 Å². The normalized spacial score (nSPS) is 23.2. The van der Waals surface area contributed by atoms with Crippen LogP contribution in [0.5, 0.6) is 0 Å². The average molecular weight is 385 g/mol. The van der Waals surface area contributed by atoms with Crippen LogP contribution in [-0.2, 0) is 9.53 Å². The fourth-order valence-electron chi connectivity index (χ4n) is 4.22. The van der Waals surface area contributed by atoms with Gasteiger partial charge in [0.15, 0.2) is 0 Å². The summed E-state index contributed by atoms with van der Waals surface area (Å²) in [4.78, 5) is 11.2. The number of ether oxygens (including phenoxy) is 1. The number of esters is 1. The van der Waals surface area contributed by atoms with Crippen molar-refractivity contribution >= 4 is 5.97 Å². The largest absolute Gasteiger partial charge is 0.465 e. The van der Waals surface area contributed by atoms with Crippen LogP contribution >= 0.6 is 0 Å². The molecule has 3 atom stereocenters. The molecule has 158 valence electrons. The number of unbranched alkanes of at least 4 members (excludes halogenated alkanes) is 6. The first-order valence-electron chi connectivity index (χ1n) is 10.8. The van der Waals surface area contributed by atoms with Crippen LogP contribution in [0.25, 0.3) is 0 Å². The molecule has 1 aliphatic rings. The van der Waals surface area contributed by atoms with Crippen molar-refractivity contribution in [1.29, 1.82) is 0 Å². The third kappa shape index (κ3) is 8.75. The Morgan fingerprint density at radius 1 is 1.07 bits per heavy atom. The van der Waals surface area contributed by atoms with E-state index < -0.39 is 11.8 Å². The predicted molar refractivity (Wildman–Crippen MR) is 107 cm³/mol. The van der Waals surface area contributed by atoms with Crippen LogP contribution in [-0.4, -0.2) is 40.8 Å². The van der Waals surface area contributed by atoms with Gasteiger partial charge in [-0.05, 0) is 56.3 Å². The van der Waals surface area contributed by atoms with Gasteiger partial charge in [0.25, 0.3) is 5.79 Å². The molecule has 5 nitrogen and oxygen atoms in total. The molecule has 0 amide bonds. The number of carbonyl (C=O) groups excluding carboxylic acids is 1. The van der Waals surface area contributed by atoms with E-state index >= 15 is 0 Å². The Labute approximate surface area is 164 Å². The summed E-state index contributed by atoms with van der Waals surface area (Å²) in [5.74, 6) is -1.92. The van der Waals surface area contributed by atoms with Gasteiger partial charge >= 0.3 is 5.97 Å². The number of allylic oxidation sites excluding steroid dienone is 2. The third-order valence-corrected chi connectivity index (χ3v) is 5.93. The van der Waals surface area contributed by atoms with Gasteiger partial charge in [-0.15, -0.1) is 0 Å². The highest BCUT2D eigenvalue weighted by molar-refractivity contribution is 5.76. The number of hydrogen-bond donors (Lipinski definition) is 3. The van der Waals surface area contributed by atoms with E-state index in [1.54, 1.807) is 0 Å². The van der Waals surface area contributed by atoms with Crippen molar-refractivity contribution < 1.29 is 24.9 Å². The molecule has 1 aliphatic carbocycles. The molecule has 0 heterocycles. The lowest BCUT2D eigenvalue weighted by Gasteiger charge is -2.21. The monoisotopic (exact) mass is 384 g/mol. The summed E-state index contributed by atoms with van der Waals surface area (Å²) in [6.45, 7) is 2.49. The van der Waals surface area contributed by atoms with Crippen molar-refractivity contribution in [2.45, 2.75) is 89.8 Å². The minimum atomic E-state index is -2.37.